The van der Waals surface area contributed by atoms with Crippen LogP contribution in [-0.4, -0.2) is 47.5 Å². The first-order valence-corrected chi connectivity index (χ1v) is 8.24. The standard InChI is InChI=1S/C18H28O5/c1-18(2)22-13-17(23-18)11-16(20)10-15(19)8-9-21-12-14-6-4-3-5-7-14/h3-7,15-17,19-20H,8-13H2,1-2H3/t15-,16-,17+/m1/s1. The molecule has 0 amide bonds. The highest BCUT2D eigenvalue weighted by molar-refractivity contribution is 5.13. The van der Waals surface area contributed by atoms with E-state index in [1.54, 1.807) is 0 Å². The Morgan fingerprint density at radius 2 is 1.96 bits per heavy atom. The van der Waals surface area contributed by atoms with Gasteiger partial charge in [-0.25, -0.2) is 0 Å². The van der Waals surface area contributed by atoms with Crippen LogP contribution >= 0.6 is 0 Å². The zero-order valence-electron chi connectivity index (χ0n) is 14.0. The van der Waals surface area contributed by atoms with E-state index in [2.05, 4.69) is 0 Å². The molecule has 23 heavy (non-hydrogen) atoms. The first-order valence-electron chi connectivity index (χ1n) is 8.24. The van der Waals surface area contributed by atoms with Gasteiger partial charge in [-0.3, -0.25) is 0 Å². The summed E-state index contributed by atoms with van der Waals surface area (Å²) in [6, 6.07) is 9.92. The van der Waals surface area contributed by atoms with Gasteiger partial charge < -0.3 is 24.4 Å². The molecule has 5 heteroatoms. The highest BCUT2D eigenvalue weighted by atomic mass is 16.7. The Hall–Kier alpha value is -0.980. The Morgan fingerprint density at radius 3 is 2.61 bits per heavy atom. The first kappa shape index (κ1) is 18.4. The highest BCUT2D eigenvalue weighted by Crippen LogP contribution is 2.25. The zero-order chi connectivity index (χ0) is 16.7. The van der Waals surface area contributed by atoms with Gasteiger partial charge >= 0.3 is 0 Å². The van der Waals surface area contributed by atoms with Crippen molar-refractivity contribution in [3.8, 4) is 0 Å². The normalized spacial score (nSPS) is 22.9. The molecule has 1 aromatic rings. The van der Waals surface area contributed by atoms with Crippen LogP contribution < -0.4 is 0 Å². The van der Waals surface area contributed by atoms with Gasteiger partial charge in [0.15, 0.2) is 5.79 Å². The average molecular weight is 324 g/mol. The van der Waals surface area contributed by atoms with Crippen LogP contribution in [0.4, 0.5) is 0 Å². The highest BCUT2D eigenvalue weighted by Gasteiger charge is 2.33. The molecular weight excluding hydrogens is 296 g/mol. The van der Waals surface area contributed by atoms with E-state index in [0.29, 0.717) is 39.1 Å². The van der Waals surface area contributed by atoms with Gasteiger partial charge in [-0.1, -0.05) is 30.3 Å². The van der Waals surface area contributed by atoms with Gasteiger partial charge in [-0.15, -0.1) is 0 Å². The van der Waals surface area contributed by atoms with Gasteiger partial charge in [-0.05, 0) is 32.3 Å². The second-order valence-electron chi connectivity index (χ2n) is 6.56. The second-order valence-corrected chi connectivity index (χ2v) is 6.56. The first-order chi connectivity index (χ1) is 10.9. The molecule has 0 bridgehead atoms. The van der Waals surface area contributed by atoms with Crippen LogP contribution in [0.1, 0.15) is 38.7 Å². The van der Waals surface area contributed by atoms with E-state index in [4.69, 9.17) is 14.2 Å². The summed E-state index contributed by atoms with van der Waals surface area (Å²) >= 11 is 0. The quantitative estimate of drug-likeness (QED) is 0.682. The van der Waals surface area contributed by atoms with Crippen molar-refractivity contribution in [3.05, 3.63) is 35.9 Å². The van der Waals surface area contributed by atoms with Crippen LogP contribution in [0.2, 0.25) is 0 Å². The molecule has 1 aliphatic rings. The van der Waals surface area contributed by atoms with Gasteiger partial charge in [0.25, 0.3) is 0 Å². The van der Waals surface area contributed by atoms with Crippen molar-refractivity contribution >= 4 is 0 Å². The summed E-state index contributed by atoms with van der Waals surface area (Å²) in [5.41, 5.74) is 1.11. The van der Waals surface area contributed by atoms with Crippen molar-refractivity contribution in [1.29, 1.82) is 0 Å². The number of aliphatic hydroxyl groups is 2. The van der Waals surface area contributed by atoms with E-state index in [9.17, 15) is 10.2 Å². The lowest BCUT2D eigenvalue weighted by atomic mass is 10.0. The molecule has 1 heterocycles. The largest absolute Gasteiger partial charge is 0.393 e. The molecule has 130 valence electrons. The summed E-state index contributed by atoms with van der Waals surface area (Å²) in [7, 11) is 0. The number of ether oxygens (including phenoxy) is 3. The molecule has 2 N–H and O–H groups in total. The smallest absolute Gasteiger partial charge is 0.163 e. The van der Waals surface area contributed by atoms with E-state index in [1.807, 2.05) is 44.2 Å². The van der Waals surface area contributed by atoms with E-state index in [1.165, 1.54) is 0 Å². The van der Waals surface area contributed by atoms with Crippen molar-refractivity contribution in [1.82, 2.24) is 0 Å². The topological polar surface area (TPSA) is 68.2 Å². The maximum absolute atomic E-state index is 10.0. The fourth-order valence-electron chi connectivity index (χ4n) is 2.69. The summed E-state index contributed by atoms with van der Waals surface area (Å²) in [4.78, 5) is 0. The fraction of sp³-hybridized carbons (Fsp3) is 0.667. The Kier molecular flexibility index (Phi) is 6.99. The molecule has 0 aliphatic carbocycles. The molecule has 1 aromatic carbocycles. The van der Waals surface area contributed by atoms with Crippen LogP contribution in [0.25, 0.3) is 0 Å². The third-order valence-corrected chi connectivity index (χ3v) is 3.85. The number of rotatable bonds is 9. The molecule has 1 aliphatic heterocycles. The third-order valence-electron chi connectivity index (χ3n) is 3.85. The summed E-state index contributed by atoms with van der Waals surface area (Å²) in [5, 5.41) is 20.0. The Bertz CT molecular complexity index is 448. The van der Waals surface area contributed by atoms with E-state index < -0.39 is 18.0 Å². The van der Waals surface area contributed by atoms with Crippen molar-refractivity contribution in [2.45, 2.75) is 63.8 Å². The monoisotopic (exact) mass is 324 g/mol. The molecule has 0 spiro atoms. The van der Waals surface area contributed by atoms with Crippen molar-refractivity contribution in [2.75, 3.05) is 13.2 Å². The third kappa shape index (κ3) is 6.97. The minimum absolute atomic E-state index is 0.110. The van der Waals surface area contributed by atoms with Crippen LogP contribution in [0.3, 0.4) is 0 Å². The lowest BCUT2D eigenvalue weighted by molar-refractivity contribution is -0.141. The predicted molar refractivity (Wildman–Crippen MR) is 86.9 cm³/mol. The van der Waals surface area contributed by atoms with Crippen LogP contribution in [0.5, 0.6) is 0 Å². The lowest BCUT2D eigenvalue weighted by Crippen LogP contribution is -2.26. The van der Waals surface area contributed by atoms with Crippen molar-refractivity contribution in [2.24, 2.45) is 0 Å². The second kappa shape index (κ2) is 8.76. The van der Waals surface area contributed by atoms with Gasteiger partial charge in [0.2, 0.25) is 0 Å². The maximum atomic E-state index is 10.0. The van der Waals surface area contributed by atoms with E-state index in [0.717, 1.165) is 5.56 Å². The minimum atomic E-state index is -0.596. The Labute approximate surface area is 138 Å². The Morgan fingerprint density at radius 1 is 1.22 bits per heavy atom. The molecular formula is C18H28O5. The molecule has 0 radical (unpaired) electrons. The molecule has 5 nitrogen and oxygen atoms in total. The summed E-state index contributed by atoms with van der Waals surface area (Å²) in [6.45, 7) is 5.22. The molecule has 2 rings (SSSR count). The van der Waals surface area contributed by atoms with Crippen LogP contribution in [0, 0.1) is 0 Å². The molecule has 1 fully saturated rings. The van der Waals surface area contributed by atoms with Crippen molar-refractivity contribution < 1.29 is 24.4 Å². The van der Waals surface area contributed by atoms with Gasteiger partial charge in [0, 0.05) is 13.0 Å². The van der Waals surface area contributed by atoms with Crippen LogP contribution in [-0.2, 0) is 20.8 Å². The van der Waals surface area contributed by atoms with Gasteiger partial charge in [0.1, 0.15) is 0 Å². The number of hydrogen-bond donors (Lipinski definition) is 2. The molecule has 0 saturated carbocycles. The maximum Gasteiger partial charge on any atom is 0.163 e. The Balaban J connectivity index is 1.56. The molecule has 0 aromatic heterocycles. The number of benzene rings is 1. The van der Waals surface area contributed by atoms with E-state index >= 15 is 0 Å². The van der Waals surface area contributed by atoms with E-state index in [-0.39, 0.29) is 6.10 Å². The van der Waals surface area contributed by atoms with Crippen LogP contribution in [0.15, 0.2) is 30.3 Å². The number of aliphatic hydroxyl groups excluding tert-OH is 2. The molecule has 3 atom stereocenters. The predicted octanol–water partition coefficient (Wildman–Crippen LogP) is 2.25. The summed E-state index contributed by atoms with van der Waals surface area (Å²) < 4.78 is 16.7. The molecule has 0 unspecified atom stereocenters. The lowest BCUT2D eigenvalue weighted by Gasteiger charge is -2.20. The van der Waals surface area contributed by atoms with Gasteiger partial charge in [-0.2, -0.15) is 0 Å². The van der Waals surface area contributed by atoms with Gasteiger partial charge in [0.05, 0.1) is 31.5 Å². The minimum Gasteiger partial charge on any atom is -0.393 e. The fourth-order valence-corrected chi connectivity index (χ4v) is 2.69. The molecule has 1 saturated heterocycles. The zero-order valence-corrected chi connectivity index (χ0v) is 14.0. The summed E-state index contributed by atoms with van der Waals surface area (Å²) in [6.07, 6.45) is 0.0388. The summed E-state index contributed by atoms with van der Waals surface area (Å²) in [5.74, 6) is -0.575. The van der Waals surface area contributed by atoms with Crippen molar-refractivity contribution in [3.63, 3.8) is 0 Å². The SMILES string of the molecule is CC1(C)OC[C@H](C[C@H](O)C[C@H](O)CCOCc2ccccc2)O1. The average Bonchev–Trinajstić information content (AvgIpc) is 2.83. The number of hydrogen-bond acceptors (Lipinski definition) is 5.